The molecule has 0 bridgehead atoms. The summed E-state index contributed by atoms with van der Waals surface area (Å²) in [6, 6.07) is 13.6. The van der Waals surface area contributed by atoms with Crippen molar-refractivity contribution in [1.29, 1.82) is 0 Å². The summed E-state index contributed by atoms with van der Waals surface area (Å²) < 4.78 is 6.10. The maximum Gasteiger partial charge on any atom is -1.00 e. The zero-order valence-corrected chi connectivity index (χ0v) is 19.7. The molecule has 0 saturated carbocycles. The molecular weight excluding hydrogens is 438 g/mol. The molecule has 0 fully saturated rings. The Morgan fingerprint density at radius 2 is 1.08 bits per heavy atom. The van der Waals surface area contributed by atoms with Crippen LogP contribution in [0.3, 0.4) is 0 Å². The largest absolute Gasteiger partial charge is 1.00 e. The van der Waals surface area contributed by atoms with Crippen molar-refractivity contribution in [3.63, 3.8) is 0 Å². The molecule has 2 atom stereocenters. The van der Waals surface area contributed by atoms with E-state index in [1.807, 2.05) is 0 Å². The monoisotopic (exact) mass is 460 g/mol. The van der Waals surface area contributed by atoms with E-state index >= 15 is 0 Å². The number of hydrogen-bond donors (Lipinski definition) is 0. The van der Waals surface area contributed by atoms with Gasteiger partial charge in [0.25, 0.3) is 0 Å². The zero-order chi connectivity index (χ0) is 17.0. The number of allylic oxidation sites excluding steroid dienone is 2. The first-order chi connectivity index (χ1) is 11.5. The molecule has 4 rings (SSSR count). The van der Waals surface area contributed by atoms with Crippen molar-refractivity contribution < 1.29 is 46.1 Å². The molecule has 0 amide bonds. The van der Waals surface area contributed by atoms with E-state index < -0.39 is 21.3 Å². The molecule has 0 N–H and O–H groups in total. The third kappa shape index (κ3) is 3.28. The van der Waals surface area contributed by atoms with E-state index in [4.69, 9.17) is 4.21 Å². The van der Waals surface area contributed by atoms with Crippen LogP contribution in [0.5, 0.6) is 0 Å². The third-order valence-corrected chi connectivity index (χ3v) is 13.1. The molecular formula is C23H24Cl2Zr. The quantitative estimate of drug-likeness (QED) is 0.589. The summed E-state index contributed by atoms with van der Waals surface area (Å²) in [7, 11) is 0. The molecule has 2 aromatic rings. The van der Waals surface area contributed by atoms with Crippen molar-refractivity contribution in [3.8, 4) is 0 Å². The van der Waals surface area contributed by atoms with Gasteiger partial charge in [0.1, 0.15) is 0 Å². The Labute approximate surface area is 177 Å². The molecule has 2 aliphatic carbocycles. The first-order valence-corrected chi connectivity index (χ1v) is 13.3. The van der Waals surface area contributed by atoms with Gasteiger partial charge in [0.05, 0.1) is 0 Å². The van der Waals surface area contributed by atoms with Crippen molar-refractivity contribution in [2.24, 2.45) is 0 Å². The van der Waals surface area contributed by atoms with Gasteiger partial charge in [-0.25, -0.2) is 0 Å². The molecule has 134 valence electrons. The molecule has 3 heteroatoms. The van der Waals surface area contributed by atoms with Crippen LogP contribution in [0.25, 0.3) is 12.2 Å². The Balaban J connectivity index is 0.00000121. The minimum atomic E-state index is -2.01. The minimum absolute atomic E-state index is 0. The maximum absolute atomic E-state index is 4.87. The van der Waals surface area contributed by atoms with Crippen molar-refractivity contribution in [1.82, 2.24) is 0 Å². The minimum Gasteiger partial charge on any atom is -1.00 e. The van der Waals surface area contributed by atoms with Crippen molar-refractivity contribution >= 4 is 16.4 Å². The van der Waals surface area contributed by atoms with Gasteiger partial charge in [0.2, 0.25) is 0 Å². The second-order valence-corrected chi connectivity index (χ2v) is 13.0. The summed E-state index contributed by atoms with van der Waals surface area (Å²) in [5, 5.41) is 0. The van der Waals surface area contributed by atoms with Gasteiger partial charge in [0, 0.05) is 0 Å². The van der Waals surface area contributed by atoms with Crippen LogP contribution < -0.4 is 24.8 Å². The molecule has 0 aromatic heterocycles. The zero-order valence-electron chi connectivity index (χ0n) is 15.7. The van der Waals surface area contributed by atoms with Crippen LogP contribution in [0.4, 0.5) is 0 Å². The molecule has 2 aliphatic rings. The molecule has 0 spiro atoms. The van der Waals surface area contributed by atoms with Gasteiger partial charge >= 0.3 is 154 Å². The predicted molar refractivity (Wildman–Crippen MR) is 102 cm³/mol. The van der Waals surface area contributed by atoms with Crippen LogP contribution in [-0.4, -0.2) is 4.21 Å². The van der Waals surface area contributed by atoms with Gasteiger partial charge in [-0.3, -0.25) is 0 Å². The average molecular weight is 463 g/mol. The summed E-state index contributed by atoms with van der Waals surface area (Å²) >= 11 is -2.01. The van der Waals surface area contributed by atoms with Gasteiger partial charge < -0.3 is 24.8 Å². The van der Waals surface area contributed by atoms with E-state index in [0.717, 1.165) is 0 Å². The van der Waals surface area contributed by atoms with E-state index in [0.29, 0.717) is 7.25 Å². The van der Waals surface area contributed by atoms with Gasteiger partial charge in [-0.05, 0) is 0 Å². The van der Waals surface area contributed by atoms with Gasteiger partial charge in [-0.2, -0.15) is 0 Å². The number of hydrogen-bond acceptors (Lipinski definition) is 0. The van der Waals surface area contributed by atoms with E-state index in [1.165, 1.54) is 33.4 Å². The summed E-state index contributed by atoms with van der Waals surface area (Å²) in [6.45, 7) is 9.11. The Hall–Kier alpha value is -0.747. The van der Waals surface area contributed by atoms with Crippen LogP contribution in [0.1, 0.15) is 54.5 Å². The predicted octanol–water partition coefficient (Wildman–Crippen LogP) is -0.0222. The Morgan fingerprint density at radius 1 is 0.692 bits per heavy atom. The van der Waals surface area contributed by atoms with Crippen LogP contribution in [0.15, 0.2) is 47.5 Å². The number of halogens is 2. The fraction of sp³-hybridized carbons (Fsp3) is 0.261. The normalized spacial score (nSPS) is 19.2. The second kappa shape index (κ2) is 8.09. The second-order valence-electron chi connectivity index (χ2n) is 7.37. The van der Waals surface area contributed by atoms with Crippen LogP contribution in [0.2, 0.25) is 0 Å². The Morgan fingerprint density at radius 3 is 1.46 bits per heavy atom. The fourth-order valence-corrected chi connectivity index (χ4v) is 11.9. The average Bonchev–Trinajstić information content (AvgIpc) is 3.05. The number of fused-ring (bicyclic) bond motifs is 2. The summed E-state index contributed by atoms with van der Waals surface area (Å²) in [4.78, 5) is 0. The van der Waals surface area contributed by atoms with E-state index in [-0.39, 0.29) is 24.8 Å². The fourth-order valence-electron chi connectivity index (χ4n) is 4.57. The van der Waals surface area contributed by atoms with Crippen molar-refractivity contribution in [2.45, 2.75) is 34.9 Å². The van der Waals surface area contributed by atoms with Gasteiger partial charge in [-0.15, -0.1) is 0 Å². The molecule has 0 heterocycles. The Kier molecular flexibility index (Phi) is 6.71. The number of aryl methyl sites for hydroxylation is 2. The molecule has 0 nitrogen and oxygen atoms in total. The molecule has 2 unspecified atom stereocenters. The summed E-state index contributed by atoms with van der Waals surface area (Å²) in [5.74, 6) is 0. The van der Waals surface area contributed by atoms with E-state index in [2.05, 4.69) is 76.2 Å². The van der Waals surface area contributed by atoms with Crippen LogP contribution >= 0.6 is 0 Å². The smallest absolute Gasteiger partial charge is 1.00 e. The van der Waals surface area contributed by atoms with Crippen molar-refractivity contribution in [3.05, 3.63) is 80.9 Å². The van der Waals surface area contributed by atoms with Gasteiger partial charge in [0.15, 0.2) is 0 Å². The van der Waals surface area contributed by atoms with Crippen LogP contribution in [-0.2, 0) is 21.3 Å². The molecule has 0 radical (unpaired) electrons. The SMILES string of the molecule is [CH2]=[Zr+2]([CH]1C(C)=Cc2c(C)cccc21)[CH]1C(C)=Cc2c(C)cccc21.[Cl-].[Cl-]. The maximum atomic E-state index is 4.87. The summed E-state index contributed by atoms with van der Waals surface area (Å²) in [5.41, 5.74) is 11.9. The topological polar surface area (TPSA) is 0 Å². The molecule has 2 aromatic carbocycles. The first-order valence-electron chi connectivity index (χ1n) is 8.73. The van der Waals surface area contributed by atoms with Crippen molar-refractivity contribution in [2.75, 3.05) is 0 Å². The van der Waals surface area contributed by atoms with E-state index in [9.17, 15) is 0 Å². The first kappa shape index (κ1) is 21.6. The Bertz CT molecular complexity index is 862. The number of benzene rings is 2. The van der Waals surface area contributed by atoms with E-state index in [1.54, 1.807) is 11.1 Å². The molecule has 26 heavy (non-hydrogen) atoms. The standard InChI is InChI=1S/2C11H11.CH2.2ClH.Zr/c2*1-8-6-10-5-3-4-9(2)11(10)7-8;;;;/h2*3-7H,1-2H3;1H2;2*1H;/q;;;;;+2/p-2. The summed E-state index contributed by atoms with van der Waals surface area (Å²) in [6.07, 6.45) is 4.85. The molecule has 0 saturated heterocycles. The molecule has 0 aliphatic heterocycles. The number of rotatable bonds is 2. The third-order valence-electron chi connectivity index (χ3n) is 5.73. The van der Waals surface area contributed by atoms with Gasteiger partial charge in [-0.1, -0.05) is 0 Å². The van der Waals surface area contributed by atoms with Crippen LogP contribution in [0, 0.1) is 13.8 Å².